The average Bonchev–Trinajstić information content (AvgIpc) is 2.28. The van der Waals surface area contributed by atoms with E-state index in [1.807, 2.05) is 12.1 Å². The Hall–Kier alpha value is -1.22. The van der Waals surface area contributed by atoms with Crippen molar-refractivity contribution in [3.8, 4) is 11.5 Å². The Kier molecular flexibility index (Phi) is 5.29. The van der Waals surface area contributed by atoms with Gasteiger partial charge in [0.15, 0.2) is 11.5 Å². The molecule has 96 valence electrons. The molecule has 3 nitrogen and oxygen atoms in total. The zero-order valence-electron chi connectivity index (χ0n) is 11.2. The molecule has 0 aliphatic rings. The van der Waals surface area contributed by atoms with E-state index in [0.29, 0.717) is 11.8 Å². The Morgan fingerprint density at radius 3 is 2.53 bits per heavy atom. The predicted octanol–water partition coefficient (Wildman–Crippen LogP) is 3.02. The zero-order valence-corrected chi connectivity index (χ0v) is 11.2. The second-order valence-corrected chi connectivity index (χ2v) is 4.57. The molecule has 0 heterocycles. The largest absolute Gasteiger partial charge is 0.504 e. The van der Waals surface area contributed by atoms with Crippen LogP contribution in [0.5, 0.6) is 11.5 Å². The number of methoxy groups -OCH3 is 1. The zero-order chi connectivity index (χ0) is 12.8. The molecule has 0 aliphatic carbocycles. The molecule has 0 atom stereocenters. The molecule has 3 heteroatoms. The van der Waals surface area contributed by atoms with Crippen molar-refractivity contribution in [3.05, 3.63) is 23.8 Å². The summed E-state index contributed by atoms with van der Waals surface area (Å²) in [6.07, 6.45) is 1.14. The summed E-state index contributed by atoms with van der Waals surface area (Å²) in [5.74, 6) is 0.741. The molecule has 1 N–H and O–H groups in total. The van der Waals surface area contributed by atoms with Gasteiger partial charge in [0.05, 0.1) is 7.11 Å². The van der Waals surface area contributed by atoms with Gasteiger partial charge in [-0.2, -0.15) is 0 Å². The lowest BCUT2D eigenvalue weighted by Crippen LogP contribution is -2.30. The van der Waals surface area contributed by atoms with E-state index in [1.165, 1.54) is 0 Å². The summed E-state index contributed by atoms with van der Waals surface area (Å²) < 4.78 is 5.04. The number of nitrogens with zero attached hydrogens (tertiary/aromatic N) is 1. The number of hydrogen-bond donors (Lipinski definition) is 1. The fourth-order valence-electron chi connectivity index (χ4n) is 1.88. The summed E-state index contributed by atoms with van der Waals surface area (Å²) in [5, 5.41) is 9.73. The van der Waals surface area contributed by atoms with Crippen LogP contribution in [0.25, 0.3) is 0 Å². The highest BCUT2D eigenvalue weighted by atomic mass is 16.5. The van der Waals surface area contributed by atoms with Gasteiger partial charge in [0, 0.05) is 12.6 Å². The average molecular weight is 237 g/mol. The molecule has 0 saturated heterocycles. The molecule has 0 amide bonds. The minimum absolute atomic E-state index is 0.213. The third-order valence-electron chi connectivity index (χ3n) is 2.87. The van der Waals surface area contributed by atoms with Gasteiger partial charge in [0.2, 0.25) is 0 Å². The van der Waals surface area contributed by atoms with Crippen LogP contribution in [-0.4, -0.2) is 29.7 Å². The Bertz CT molecular complexity index is 350. The van der Waals surface area contributed by atoms with Crippen molar-refractivity contribution in [3.63, 3.8) is 0 Å². The van der Waals surface area contributed by atoms with Crippen LogP contribution in [0.2, 0.25) is 0 Å². The third kappa shape index (κ3) is 3.93. The quantitative estimate of drug-likeness (QED) is 0.825. The van der Waals surface area contributed by atoms with Crippen LogP contribution < -0.4 is 4.74 Å². The van der Waals surface area contributed by atoms with Crippen molar-refractivity contribution in [1.29, 1.82) is 0 Å². The van der Waals surface area contributed by atoms with Crippen molar-refractivity contribution < 1.29 is 9.84 Å². The topological polar surface area (TPSA) is 32.7 Å². The molecule has 0 saturated carbocycles. The van der Waals surface area contributed by atoms with Gasteiger partial charge in [0.25, 0.3) is 0 Å². The number of aromatic hydroxyl groups is 1. The molecule has 0 radical (unpaired) electrons. The first-order chi connectivity index (χ1) is 8.08. The second kappa shape index (κ2) is 6.50. The first kappa shape index (κ1) is 13.8. The van der Waals surface area contributed by atoms with Gasteiger partial charge in [-0.3, -0.25) is 4.90 Å². The SMILES string of the molecule is CCCN(Cc1ccc(OC)c(O)c1)C(C)C. The highest BCUT2D eigenvalue weighted by molar-refractivity contribution is 5.41. The van der Waals surface area contributed by atoms with Gasteiger partial charge < -0.3 is 9.84 Å². The first-order valence-electron chi connectivity index (χ1n) is 6.18. The minimum Gasteiger partial charge on any atom is -0.504 e. The normalized spacial score (nSPS) is 11.2. The highest BCUT2D eigenvalue weighted by Crippen LogP contribution is 2.26. The van der Waals surface area contributed by atoms with E-state index in [4.69, 9.17) is 4.74 Å². The lowest BCUT2D eigenvalue weighted by atomic mass is 10.1. The summed E-state index contributed by atoms with van der Waals surface area (Å²) in [4.78, 5) is 2.39. The van der Waals surface area contributed by atoms with E-state index in [1.54, 1.807) is 13.2 Å². The fourth-order valence-corrected chi connectivity index (χ4v) is 1.88. The number of phenols is 1. The van der Waals surface area contributed by atoms with E-state index in [2.05, 4.69) is 25.7 Å². The Morgan fingerprint density at radius 1 is 1.35 bits per heavy atom. The summed E-state index contributed by atoms with van der Waals surface area (Å²) in [6.45, 7) is 8.51. The summed E-state index contributed by atoms with van der Waals surface area (Å²) >= 11 is 0. The summed E-state index contributed by atoms with van der Waals surface area (Å²) in [6, 6.07) is 6.11. The van der Waals surface area contributed by atoms with E-state index < -0.39 is 0 Å². The van der Waals surface area contributed by atoms with Crippen molar-refractivity contribution in [2.75, 3.05) is 13.7 Å². The van der Waals surface area contributed by atoms with Crippen molar-refractivity contribution in [2.45, 2.75) is 39.8 Å². The third-order valence-corrected chi connectivity index (χ3v) is 2.87. The number of phenolic OH excluding ortho intramolecular Hbond substituents is 1. The number of rotatable bonds is 6. The molecule has 0 aliphatic heterocycles. The van der Waals surface area contributed by atoms with Gasteiger partial charge in [-0.15, -0.1) is 0 Å². The molecule has 0 spiro atoms. The number of ether oxygens (including phenoxy) is 1. The maximum absolute atomic E-state index is 9.73. The summed E-state index contributed by atoms with van der Waals surface area (Å²) in [5.41, 5.74) is 1.12. The lowest BCUT2D eigenvalue weighted by molar-refractivity contribution is 0.213. The van der Waals surface area contributed by atoms with E-state index >= 15 is 0 Å². The number of hydrogen-bond acceptors (Lipinski definition) is 3. The van der Waals surface area contributed by atoms with Crippen LogP contribution in [0.3, 0.4) is 0 Å². The monoisotopic (exact) mass is 237 g/mol. The van der Waals surface area contributed by atoms with Crippen LogP contribution >= 0.6 is 0 Å². The molecular weight excluding hydrogens is 214 g/mol. The van der Waals surface area contributed by atoms with Crippen LogP contribution in [-0.2, 0) is 6.54 Å². The lowest BCUT2D eigenvalue weighted by Gasteiger charge is -2.26. The van der Waals surface area contributed by atoms with Crippen molar-refractivity contribution >= 4 is 0 Å². The van der Waals surface area contributed by atoms with E-state index in [0.717, 1.165) is 25.1 Å². The van der Waals surface area contributed by atoms with E-state index in [-0.39, 0.29) is 5.75 Å². The van der Waals surface area contributed by atoms with Crippen molar-refractivity contribution in [1.82, 2.24) is 4.90 Å². The van der Waals surface area contributed by atoms with Crippen molar-refractivity contribution in [2.24, 2.45) is 0 Å². The van der Waals surface area contributed by atoms with E-state index in [9.17, 15) is 5.11 Å². The maximum atomic E-state index is 9.73. The molecular formula is C14H23NO2. The maximum Gasteiger partial charge on any atom is 0.160 e. The molecule has 0 aromatic heterocycles. The summed E-state index contributed by atoms with van der Waals surface area (Å²) in [7, 11) is 1.56. The molecule has 0 bridgehead atoms. The van der Waals surface area contributed by atoms with Gasteiger partial charge in [0.1, 0.15) is 0 Å². The smallest absolute Gasteiger partial charge is 0.160 e. The van der Waals surface area contributed by atoms with Gasteiger partial charge in [-0.1, -0.05) is 13.0 Å². The fraction of sp³-hybridized carbons (Fsp3) is 0.571. The molecule has 1 aromatic rings. The van der Waals surface area contributed by atoms with Crippen LogP contribution in [0.1, 0.15) is 32.8 Å². The minimum atomic E-state index is 0.213. The van der Waals surface area contributed by atoms with Crippen LogP contribution in [0, 0.1) is 0 Å². The second-order valence-electron chi connectivity index (χ2n) is 4.57. The first-order valence-corrected chi connectivity index (χ1v) is 6.18. The van der Waals surface area contributed by atoms with Gasteiger partial charge >= 0.3 is 0 Å². The van der Waals surface area contributed by atoms with Crippen LogP contribution in [0.15, 0.2) is 18.2 Å². The van der Waals surface area contributed by atoms with Gasteiger partial charge in [-0.25, -0.2) is 0 Å². The molecule has 0 fully saturated rings. The Morgan fingerprint density at radius 2 is 2.06 bits per heavy atom. The van der Waals surface area contributed by atoms with Gasteiger partial charge in [-0.05, 0) is 44.5 Å². The molecule has 17 heavy (non-hydrogen) atoms. The standard InChI is InChI=1S/C14H23NO2/c1-5-8-15(11(2)3)10-12-6-7-14(17-4)13(16)9-12/h6-7,9,11,16H,5,8,10H2,1-4H3. The Labute approximate surface area is 104 Å². The number of benzene rings is 1. The molecule has 1 rings (SSSR count). The predicted molar refractivity (Wildman–Crippen MR) is 70.5 cm³/mol. The van der Waals surface area contributed by atoms with Crippen LogP contribution in [0.4, 0.5) is 0 Å². The Balaban J connectivity index is 2.76. The molecule has 1 aromatic carbocycles. The highest BCUT2D eigenvalue weighted by Gasteiger charge is 2.10. The molecule has 0 unspecified atom stereocenters.